The summed E-state index contributed by atoms with van der Waals surface area (Å²) < 4.78 is 10.9. The third kappa shape index (κ3) is 4.48. The summed E-state index contributed by atoms with van der Waals surface area (Å²) in [4.78, 5) is 12.1. The fourth-order valence-electron chi connectivity index (χ4n) is 2.11. The zero-order valence-corrected chi connectivity index (χ0v) is 14.1. The van der Waals surface area contributed by atoms with Crippen molar-refractivity contribution in [2.24, 2.45) is 5.92 Å². The van der Waals surface area contributed by atoms with E-state index in [0.717, 1.165) is 0 Å². The minimum Gasteiger partial charge on any atom is -0.493 e. The van der Waals surface area contributed by atoms with E-state index in [1.54, 1.807) is 19.2 Å². The zero-order chi connectivity index (χ0) is 17.5. The summed E-state index contributed by atoms with van der Waals surface area (Å²) in [6.45, 7) is 3.97. The van der Waals surface area contributed by atoms with Crippen molar-refractivity contribution in [3.8, 4) is 11.5 Å². The number of carbonyl (C=O) groups is 1. The van der Waals surface area contributed by atoms with Crippen LogP contribution in [-0.2, 0) is 6.61 Å². The number of hydrogen-bond donors (Lipinski definition) is 3. The first-order valence-electron chi connectivity index (χ1n) is 7.77. The lowest BCUT2D eigenvalue weighted by Crippen LogP contribution is -2.41. The lowest BCUT2D eigenvalue weighted by atomic mass is 10.1. The number of aromatic amines is 1. The Hall–Kier alpha value is -2.54. The van der Waals surface area contributed by atoms with Crippen LogP contribution < -0.4 is 14.8 Å². The highest BCUT2D eigenvalue weighted by atomic mass is 16.5. The summed E-state index contributed by atoms with van der Waals surface area (Å²) in [5, 5.41) is 18.8. The number of aromatic nitrogens is 2. The Morgan fingerprint density at radius 1 is 1.33 bits per heavy atom. The van der Waals surface area contributed by atoms with E-state index in [-0.39, 0.29) is 36.8 Å². The molecule has 0 fully saturated rings. The van der Waals surface area contributed by atoms with Gasteiger partial charge in [-0.05, 0) is 24.1 Å². The first-order valence-corrected chi connectivity index (χ1v) is 7.77. The molecule has 0 aliphatic heterocycles. The molecule has 0 aliphatic carbocycles. The maximum atomic E-state index is 12.1. The Morgan fingerprint density at radius 2 is 2.04 bits per heavy atom. The Balaban J connectivity index is 1.96. The monoisotopic (exact) mass is 333 g/mol. The van der Waals surface area contributed by atoms with Crippen LogP contribution in [0.4, 0.5) is 0 Å². The van der Waals surface area contributed by atoms with E-state index in [9.17, 15) is 9.90 Å². The molecule has 24 heavy (non-hydrogen) atoms. The van der Waals surface area contributed by atoms with Crippen molar-refractivity contribution in [2.45, 2.75) is 26.5 Å². The number of amides is 1. The van der Waals surface area contributed by atoms with Crippen LogP contribution in [0.15, 0.2) is 30.3 Å². The fraction of sp³-hybridized carbons (Fsp3) is 0.412. The number of benzene rings is 1. The number of para-hydroxylation sites is 2. The van der Waals surface area contributed by atoms with Crippen molar-refractivity contribution in [2.75, 3.05) is 13.7 Å². The molecule has 7 nitrogen and oxygen atoms in total. The zero-order valence-electron chi connectivity index (χ0n) is 14.1. The van der Waals surface area contributed by atoms with Crippen LogP contribution in [0, 0.1) is 5.92 Å². The molecule has 0 spiro atoms. The Kier molecular flexibility index (Phi) is 6.20. The third-order valence-electron chi connectivity index (χ3n) is 3.63. The van der Waals surface area contributed by atoms with Crippen LogP contribution in [-0.4, -0.2) is 41.0 Å². The highest BCUT2D eigenvalue weighted by Gasteiger charge is 2.18. The van der Waals surface area contributed by atoms with Crippen molar-refractivity contribution in [3.05, 3.63) is 41.7 Å². The SMILES string of the molecule is COc1ccccc1OCc1cc(C(=O)N[C@@H](CO)C(C)C)n[nH]1. The summed E-state index contributed by atoms with van der Waals surface area (Å²) in [6, 6.07) is 8.64. The molecule has 0 radical (unpaired) electrons. The van der Waals surface area contributed by atoms with Crippen LogP contribution in [0.25, 0.3) is 0 Å². The smallest absolute Gasteiger partial charge is 0.272 e. The number of aliphatic hydroxyl groups excluding tert-OH is 1. The number of H-pyrrole nitrogens is 1. The lowest BCUT2D eigenvalue weighted by Gasteiger charge is -2.18. The maximum Gasteiger partial charge on any atom is 0.272 e. The van der Waals surface area contributed by atoms with Crippen LogP contribution in [0.2, 0.25) is 0 Å². The summed E-state index contributed by atoms with van der Waals surface area (Å²) in [5.74, 6) is 1.05. The van der Waals surface area contributed by atoms with E-state index in [4.69, 9.17) is 9.47 Å². The maximum absolute atomic E-state index is 12.1. The fourth-order valence-corrected chi connectivity index (χ4v) is 2.11. The van der Waals surface area contributed by atoms with E-state index >= 15 is 0 Å². The summed E-state index contributed by atoms with van der Waals surface area (Å²) >= 11 is 0. The second kappa shape index (κ2) is 8.35. The van der Waals surface area contributed by atoms with E-state index < -0.39 is 0 Å². The lowest BCUT2D eigenvalue weighted by molar-refractivity contribution is 0.0891. The van der Waals surface area contributed by atoms with Gasteiger partial charge >= 0.3 is 0 Å². The van der Waals surface area contributed by atoms with Crippen molar-refractivity contribution in [1.29, 1.82) is 0 Å². The van der Waals surface area contributed by atoms with E-state index in [0.29, 0.717) is 17.2 Å². The summed E-state index contributed by atoms with van der Waals surface area (Å²) in [7, 11) is 1.58. The van der Waals surface area contributed by atoms with Gasteiger partial charge < -0.3 is 19.9 Å². The van der Waals surface area contributed by atoms with Gasteiger partial charge in [0.25, 0.3) is 5.91 Å². The molecule has 1 aromatic heterocycles. The van der Waals surface area contributed by atoms with Crippen LogP contribution >= 0.6 is 0 Å². The van der Waals surface area contributed by atoms with Gasteiger partial charge in [-0.3, -0.25) is 9.89 Å². The Bertz CT molecular complexity index is 669. The molecule has 3 N–H and O–H groups in total. The molecule has 0 bridgehead atoms. The number of nitrogens with one attached hydrogen (secondary N) is 2. The molecule has 1 heterocycles. The van der Waals surface area contributed by atoms with Gasteiger partial charge in [0.15, 0.2) is 11.5 Å². The highest BCUT2D eigenvalue weighted by Crippen LogP contribution is 2.26. The van der Waals surface area contributed by atoms with Crippen molar-refractivity contribution in [1.82, 2.24) is 15.5 Å². The predicted octanol–water partition coefficient (Wildman–Crippen LogP) is 1.74. The van der Waals surface area contributed by atoms with Gasteiger partial charge in [-0.2, -0.15) is 5.10 Å². The first-order chi connectivity index (χ1) is 11.5. The molecule has 0 unspecified atom stereocenters. The Morgan fingerprint density at radius 3 is 2.67 bits per heavy atom. The number of nitrogens with zero attached hydrogens (tertiary/aromatic N) is 1. The van der Waals surface area contributed by atoms with Crippen LogP contribution in [0.1, 0.15) is 30.0 Å². The molecule has 7 heteroatoms. The van der Waals surface area contributed by atoms with Crippen molar-refractivity contribution in [3.63, 3.8) is 0 Å². The van der Waals surface area contributed by atoms with Gasteiger partial charge in [-0.25, -0.2) is 0 Å². The molecular weight excluding hydrogens is 310 g/mol. The number of hydrogen-bond acceptors (Lipinski definition) is 5. The van der Waals surface area contributed by atoms with E-state index in [1.165, 1.54) is 0 Å². The number of aliphatic hydroxyl groups is 1. The normalized spacial score (nSPS) is 12.0. The van der Waals surface area contributed by atoms with Gasteiger partial charge in [0.05, 0.1) is 25.5 Å². The molecule has 2 rings (SSSR count). The molecule has 1 amide bonds. The second-order valence-electron chi connectivity index (χ2n) is 5.72. The average Bonchev–Trinajstić information content (AvgIpc) is 3.06. The molecule has 2 aromatic rings. The number of carbonyl (C=O) groups excluding carboxylic acids is 1. The highest BCUT2D eigenvalue weighted by molar-refractivity contribution is 5.92. The molecule has 130 valence electrons. The van der Waals surface area contributed by atoms with Gasteiger partial charge in [0.2, 0.25) is 0 Å². The van der Waals surface area contributed by atoms with Gasteiger partial charge in [0.1, 0.15) is 12.3 Å². The number of rotatable bonds is 8. The number of ether oxygens (including phenoxy) is 2. The number of methoxy groups -OCH3 is 1. The molecule has 1 aromatic carbocycles. The summed E-state index contributed by atoms with van der Waals surface area (Å²) in [6.07, 6.45) is 0. The van der Waals surface area contributed by atoms with Crippen LogP contribution in [0.3, 0.4) is 0 Å². The molecule has 1 atom stereocenters. The Labute approximate surface area is 141 Å². The molecule has 0 saturated heterocycles. The average molecular weight is 333 g/mol. The topological polar surface area (TPSA) is 96.5 Å². The quantitative estimate of drug-likeness (QED) is 0.684. The summed E-state index contributed by atoms with van der Waals surface area (Å²) in [5.41, 5.74) is 0.920. The molecular formula is C17H23N3O4. The van der Waals surface area contributed by atoms with Gasteiger partial charge in [-0.15, -0.1) is 0 Å². The van der Waals surface area contributed by atoms with E-state index in [1.807, 2.05) is 32.0 Å². The van der Waals surface area contributed by atoms with Gasteiger partial charge in [-0.1, -0.05) is 26.0 Å². The third-order valence-corrected chi connectivity index (χ3v) is 3.63. The van der Waals surface area contributed by atoms with Crippen molar-refractivity contribution >= 4 is 5.91 Å². The van der Waals surface area contributed by atoms with Crippen LogP contribution in [0.5, 0.6) is 11.5 Å². The largest absolute Gasteiger partial charge is 0.493 e. The van der Waals surface area contributed by atoms with E-state index in [2.05, 4.69) is 15.5 Å². The van der Waals surface area contributed by atoms with Gasteiger partial charge in [0, 0.05) is 0 Å². The molecule has 0 aliphatic rings. The van der Waals surface area contributed by atoms with Crippen molar-refractivity contribution < 1.29 is 19.4 Å². The minimum absolute atomic E-state index is 0.113. The predicted molar refractivity (Wildman–Crippen MR) is 89.1 cm³/mol. The first kappa shape index (κ1) is 17.8. The molecule has 0 saturated carbocycles. The second-order valence-corrected chi connectivity index (χ2v) is 5.72. The minimum atomic E-state index is -0.331. The standard InChI is InChI=1S/C17H23N3O4/c1-11(2)14(9-21)18-17(22)13-8-12(19-20-13)10-24-16-7-5-4-6-15(16)23-3/h4-8,11,14,21H,9-10H2,1-3H3,(H,18,22)(H,19,20)/t14-/m0/s1.